The van der Waals surface area contributed by atoms with Crippen LogP contribution in [0.5, 0.6) is 0 Å². The average molecular weight is 183 g/mol. The van der Waals surface area contributed by atoms with E-state index in [4.69, 9.17) is 0 Å². The molecular weight excluding hydrogens is 172 g/mol. The molecule has 1 aromatic carbocycles. The molecule has 0 aliphatic carbocycles. The fourth-order valence-corrected chi connectivity index (χ4v) is 1.32. The van der Waals surface area contributed by atoms with Crippen LogP contribution in [0.1, 0.15) is 25.3 Å². The third-order valence-electron chi connectivity index (χ3n) is 1.74. The molecule has 0 aromatic heterocycles. The van der Waals surface area contributed by atoms with Crippen molar-refractivity contribution < 1.29 is 8.76 Å². The smallest absolute Gasteiger partial charge is 0.0248 e. The average Bonchev–Trinajstić information content (AvgIpc) is 2.04. The standard InChI is InChI=1S/C9H12O2S/c1-7(2)8-3-5-9(6-4-8)12(10)11/h3-7H,1-2H3,(H,10,11)/p-1. The van der Waals surface area contributed by atoms with Gasteiger partial charge in [-0.05, 0) is 34.7 Å². The Balaban J connectivity index is 2.93. The summed E-state index contributed by atoms with van der Waals surface area (Å²) in [5.74, 6) is 0.444. The molecule has 0 spiro atoms. The quantitative estimate of drug-likeness (QED) is 0.658. The van der Waals surface area contributed by atoms with Crippen molar-refractivity contribution in [2.24, 2.45) is 0 Å². The molecule has 1 rings (SSSR count). The molecule has 1 unspecified atom stereocenters. The molecule has 12 heavy (non-hydrogen) atoms. The molecule has 0 aliphatic heterocycles. The van der Waals surface area contributed by atoms with Crippen molar-refractivity contribution in [1.29, 1.82) is 0 Å². The van der Waals surface area contributed by atoms with E-state index in [2.05, 4.69) is 13.8 Å². The van der Waals surface area contributed by atoms with E-state index in [1.807, 2.05) is 12.1 Å². The van der Waals surface area contributed by atoms with E-state index >= 15 is 0 Å². The molecule has 0 bridgehead atoms. The van der Waals surface area contributed by atoms with Crippen molar-refractivity contribution in [2.75, 3.05) is 0 Å². The summed E-state index contributed by atoms with van der Waals surface area (Å²) in [6, 6.07) is 6.93. The topological polar surface area (TPSA) is 40.1 Å². The van der Waals surface area contributed by atoms with E-state index in [9.17, 15) is 8.76 Å². The summed E-state index contributed by atoms with van der Waals surface area (Å²) >= 11 is -2.10. The lowest BCUT2D eigenvalue weighted by Gasteiger charge is -2.08. The molecule has 0 N–H and O–H groups in total. The van der Waals surface area contributed by atoms with Gasteiger partial charge < -0.3 is 4.55 Å². The van der Waals surface area contributed by atoms with Crippen molar-refractivity contribution in [3.63, 3.8) is 0 Å². The minimum absolute atomic E-state index is 0.347. The Morgan fingerprint density at radius 2 is 1.75 bits per heavy atom. The van der Waals surface area contributed by atoms with E-state index in [0.717, 1.165) is 5.56 Å². The SMILES string of the molecule is CC(C)c1ccc(S(=O)[O-])cc1. The van der Waals surface area contributed by atoms with Gasteiger partial charge in [0.25, 0.3) is 0 Å². The zero-order valence-electron chi connectivity index (χ0n) is 7.11. The van der Waals surface area contributed by atoms with Crippen LogP contribution >= 0.6 is 0 Å². The number of hydrogen-bond acceptors (Lipinski definition) is 2. The van der Waals surface area contributed by atoms with Gasteiger partial charge in [-0.25, -0.2) is 0 Å². The van der Waals surface area contributed by atoms with E-state index in [-0.39, 0.29) is 0 Å². The molecule has 0 heterocycles. The summed E-state index contributed by atoms with van der Waals surface area (Å²) in [4.78, 5) is 0.347. The minimum atomic E-state index is -2.10. The monoisotopic (exact) mass is 183 g/mol. The molecule has 0 aliphatic rings. The first-order chi connectivity index (χ1) is 5.61. The Labute approximate surface area is 74.9 Å². The molecule has 0 saturated carbocycles. The third kappa shape index (κ3) is 2.16. The first-order valence-corrected chi connectivity index (χ1v) is 4.88. The molecule has 1 atom stereocenters. The maximum absolute atomic E-state index is 10.5. The molecule has 3 heteroatoms. The van der Waals surface area contributed by atoms with E-state index < -0.39 is 11.1 Å². The lowest BCUT2D eigenvalue weighted by Crippen LogP contribution is -1.91. The number of hydrogen-bond donors (Lipinski definition) is 0. The molecule has 0 amide bonds. The minimum Gasteiger partial charge on any atom is -0.768 e. The van der Waals surface area contributed by atoms with Crippen molar-refractivity contribution in [3.8, 4) is 0 Å². The maximum Gasteiger partial charge on any atom is 0.0248 e. The zero-order valence-corrected chi connectivity index (χ0v) is 7.93. The van der Waals surface area contributed by atoms with Crippen molar-refractivity contribution in [3.05, 3.63) is 29.8 Å². The van der Waals surface area contributed by atoms with Crippen molar-refractivity contribution in [2.45, 2.75) is 24.7 Å². The van der Waals surface area contributed by atoms with E-state index in [0.29, 0.717) is 10.8 Å². The summed E-state index contributed by atoms with van der Waals surface area (Å²) in [5.41, 5.74) is 1.16. The van der Waals surface area contributed by atoms with Crippen LogP contribution in [-0.4, -0.2) is 8.76 Å². The highest BCUT2D eigenvalue weighted by Crippen LogP contribution is 2.15. The molecule has 0 fully saturated rings. The van der Waals surface area contributed by atoms with Gasteiger partial charge in [0.15, 0.2) is 0 Å². The Bertz CT molecular complexity index is 277. The van der Waals surface area contributed by atoms with Gasteiger partial charge in [0.05, 0.1) is 0 Å². The lowest BCUT2D eigenvalue weighted by molar-refractivity contribution is 0.537. The van der Waals surface area contributed by atoms with E-state index in [1.165, 1.54) is 0 Å². The fraction of sp³-hybridized carbons (Fsp3) is 0.333. The van der Waals surface area contributed by atoms with Gasteiger partial charge >= 0.3 is 0 Å². The third-order valence-corrected chi connectivity index (χ3v) is 2.40. The van der Waals surface area contributed by atoms with Crippen LogP contribution in [0.2, 0.25) is 0 Å². The largest absolute Gasteiger partial charge is 0.768 e. The second kappa shape index (κ2) is 3.83. The van der Waals surface area contributed by atoms with E-state index in [1.54, 1.807) is 12.1 Å². The van der Waals surface area contributed by atoms with Crippen LogP contribution in [0.25, 0.3) is 0 Å². The fourth-order valence-electron chi connectivity index (χ4n) is 0.964. The van der Waals surface area contributed by atoms with Crippen LogP contribution in [0.3, 0.4) is 0 Å². The molecule has 1 aromatic rings. The van der Waals surface area contributed by atoms with Gasteiger partial charge in [-0.1, -0.05) is 26.0 Å². The van der Waals surface area contributed by atoms with Crippen molar-refractivity contribution in [1.82, 2.24) is 0 Å². The molecule has 0 radical (unpaired) electrons. The summed E-state index contributed by atoms with van der Waals surface area (Å²) in [7, 11) is 0. The highest BCUT2D eigenvalue weighted by molar-refractivity contribution is 7.79. The van der Waals surface area contributed by atoms with Gasteiger partial charge in [-0.15, -0.1) is 0 Å². The number of rotatable bonds is 2. The summed E-state index contributed by atoms with van der Waals surface area (Å²) < 4.78 is 21.0. The van der Waals surface area contributed by atoms with Crippen LogP contribution < -0.4 is 0 Å². The maximum atomic E-state index is 10.5. The second-order valence-corrected chi connectivity index (χ2v) is 3.90. The van der Waals surface area contributed by atoms with Crippen LogP contribution in [-0.2, 0) is 11.1 Å². The first kappa shape index (κ1) is 9.42. The van der Waals surface area contributed by atoms with Gasteiger partial charge in [0.1, 0.15) is 0 Å². The lowest BCUT2D eigenvalue weighted by atomic mass is 10.0. The highest BCUT2D eigenvalue weighted by Gasteiger charge is 1.98. The zero-order chi connectivity index (χ0) is 9.14. The molecule has 0 saturated heterocycles. The first-order valence-electron chi connectivity index (χ1n) is 3.80. The Hall–Kier alpha value is -0.670. The second-order valence-electron chi connectivity index (χ2n) is 2.96. The predicted molar refractivity (Wildman–Crippen MR) is 47.7 cm³/mol. The number of benzene rings is 1. The summed E-state index contributed by atoms with van der Waals surface area (Å²) in [6.45, 7) is 4.15. The molecule has 2 nitrogen and oxygen atoms in total. The Morgan fingerprint density at radius 1 is 1.25 bits per heavy atom. The highest BCUT2D eigenvalue weighted by atomic mass is 32.2. The predicted octanol–water partition coefficient (Wildman–Crippen LogP) is 2.05. The Kier molecular flexibility index (Phi) is 3.00. The van der Waals surface area contributed by atoms with Crippen LogP contribution in [0, 0.1) is 0 Å². The van der Waals surface area contributed by atoms with Gasteiger partial charge in [-0.2, -0.15) is 0 Å². The Morgan fingerprint density at radius 3 is 2.08 bits per heavy atom. The summed E-state index contributed by atoms with van der Waals surface area (Å²) in [6.07, 6.45) is 0. The van der Waals surface area contributed by atoms with Crippen LogP contribution in [0.15, 0.2) is 29.2 Å². The van der Waals surface area contributed by atoms with Gasteiger partial charge in [0, 0.05) is 4.90 Å². The van der Waals surface area contributed by atoms with Gasteiger partial charge in [-0.3, -0.25) is 4.21 Å². The van der Waals surface area contributed by atoms with Crippen molar-refractivity contribution >= 4 is 11.1 Å². The normalized spacial score (nSPS) is 13.3. The van der Waals surface area contributed by atoms with Crippen LogP contribution in [0.4, 0.5) is 0 Å². The molecular formula is C9H11O2S-. The molecule has 66 valence electrons. The summed E-state index contributed by atoms with van der Waals surface area (Å²) in [5, 5.41) is 0. The van der Waals surface area contributed by atoms with Gasteiger partial charge in [0.2, 0.25) is 0 Å².